The number of hydrogen-bond acceptors (Lipinski definition) is 4. The summed E-state index contributed by atoms with van der Waals surface area (Å²) in [5.74, 6) is -2.84. The van der Waals surface area contributed by atoms with Crippen molar-refractivity contribution in [2.45, 2.75) is 155 Å². The topological polar surface area (TPSA) is 80.3 Å². The fourth-order valence-corrected chi connectivity index (χ4v) is 5.21. The van der Waals surface area contributed by atoms with Gasteiger partial charge in [-0.1, -0.05) is 142 Å². The highest BCUT2D eigenvalue weighted by Crippen LogP contribution is 2.24. The molecule has 0 saturated carbocycles. The SMILES string of the molecule is CCCCCCCCCCCCc1ccc(C(=O)[O-])c(C(=O)[O-])c1CCCCCCCCCCCC. The standard InChI is InChI=1S/C32H54O4/c1-3-5-7-9-11-13-15-17-19-21-23-27-25-26-29(31(33)34)30(32(35)36)28(27)24-22-20-18-16-14-12-10-8-6-4-2/h25-26H,3-24H2,1-2H3,(H,33,34)(H,35,36)/p-2. The maximum Gasteiger partial charge on any atom is 0.0724 e. The number of benzene rings is 1. The molecule has 1 aromatic rings. The predicted molar refractivity (Wildman–Crippen MR) is 146 cm³/mol. The van der Waals surface area contributed by atoms with Crippen LogP contribution in [0.1, 0.15) is 174 Å². The number of unbranched alkanes of at least 4 members (excludes halogenated alkanes) is 18. The van der Waals surface area contributed by atoms with Gasteiger partial charge in [-0.15, -0.1) is 0 Å². The minimum absolute atomic E-state index is 0.157. The maximum absolute atomic E-state index is 11.9. The second-order valence-electron chi connectivity index (χ2n) is 10.6. The molecule has 4 nitrogen and oxygen atoms in total. The molecule has 0 aliphatic heterocycles. The van der Waals surface area contributed by atoms with E-state index >= 15 is 0 Å². The summed E-state index contributed by atoms with van der Waals surface area (Å²) in [5.41, 5.74) is 1.22. The number of carbonyl (C=O) groups is 2. The molecule has 0 aliphatic carbocycles. The molecule has 0 heterocycles. The van der Waals surface area contributed by atoms with Crippen molar-refractivity contribution in [2.75, 3.05) is 0 Å². The summed E-state index contributed by atoms with van der Waals surface area (Å²) in [6, 6.07) is 3.20. The summed E-state index contributed by atoms with van der Waals surface area (Å²) in [5, 5.41) is 23.5. The molecule has 0 saturated heterocycles. The Labute approximate surface area is 221 Å². The van der Waals surface area contributed by atoms with E-state index in [0.29, 0.717) is 12.0 Å². The van der Waals surface area contributed by atoms with Crippen LogP contribution in [0.3, 0.4) is 0 Å². The van der Waals surface area contributed by atoms with Gasteiger partial charge in [-0.3, -0.25) is 0 Å². The van der Waals surface area contributed by atoms with E-state index in [-0.39, 0.29) is 11.1 Å². The molecule has 1 rings (SSSR count). The molecule has 0 radical (unpaired) electrons. The summed E-state index contributed by atoms with van der Waals surface area (Å²) in [6.07, 6.45) is 26.0. The predicted octanol–water partition coefficient (Wildman–Crippen LogP) is 7.34. The van der Waals surface area contributed by atoms with Crippen molar-refractivity contribution in [3.63, 3.8) is 0 Å². The van der Waals surface area contributed by atoms with Gasteiger partial charge in [0.15, 0.2) is 0 Å². The van der Waals surface area contributed by atoms with Gasteiger partial charge in [-0.25, -0.2) is 0 Å². The van der Waals surface area contributed by atoms with E-state index in [4.69, 9.17) is 0 Å². The average molecular weight is 501 g/mol. The largest absolute Gasteiger partial charge is 0.545 e. The molecule has 0 aliphatic rings. The third-order valence-corrected chi connectivity index (χ3v) is 7.41. The van der Waals surface area contributed by atoms with Crippen LogP contribution >= 0.6 is 0 Å². The Kier molecular flexibility index (Phi) is 19.0. The van der Waals surface area contributed by atoms with E-state index in [1.165, 1.54) is 102 Å². The zero-order valence-corrected chi connectivity index (χ0v) is 23.3. The first-order valence-electron chi connectivity index (χ1n) is 15.1. The molecule has 206 valence electrons. The molecule has 0 N–H and O–H groups in total. The van der Waals surface area contributed by atoms with Gasteiger partial charge in [0.25, 0.3) is 0 Å². The van der Waals surface area contributed by atoms with Gasteiger partial charge >= 0.3 is 0 Å². The van der Waals surface area contributed by atoms with Crippen LogP contribution in [-0.2, 0) is 12.8 Å². The monoisotopic (exact) mass is 500 g/mol. The molecule has 36 heavy (non-hydrogen) atoms. The Hall–Kier alpha value is -1.84. The summed E-state index contributed by atoms with van der Waals surface area (Å²) in [6.45, 7) is 4.47. The van der Waals surface area contributed by atoms with E-state index in [0.717, 1.165) is 44.1 Å². The van der Waals surface area contributed by atoms with Crippen LogP contribution in [0.4, 0.5) is 0 Å². The van der Waals surface area contributed by atoms with E-state index in [2.05, 4.69) is 13.8 Å². The number of carboxylic acid groups (broad SMARTS) is 2. The van der Waals surface area contributed by atoms with Crippen LogP contribution < -0.4 is 10.2 Å². The Morgan fingerprint density at radius 2 is 0.917 bits per heavy atom. The quantitative estimate of drug-likeness (QED) is 0.139. The summed E-state index contributed by atoms with van der Waals surface area (Å²) in [7, 11) is 0. The van der Waals surface area contributed by atoms with Gasteiger partial charge < -0.3 is 19.8 Å². The molecule has 0 amide bonds. The van der Waals surface area contributed by atoms with Crippen molar-refractivity contribution in [2.24, 2.45) is 0 Å². The Morgan fingerprint density at radius 1 is 0.528 bits per heavy atom. The lowest BCUT2D eigenvalue weighted by Crippen LogP contribution is -2.31. The van der Waals surface area contributed by atoms with Crippen molar-refractivity contribution in [1.29, 1.82) is 0 Å². The van der Waals surface area contributed by atoms with Crippen LogP contribution in [0.5, 0.6) is 0 Å². The van der Waals surface area contributed by atoms with E-state index in [9.17, 15) is 19.8 Å². The van der Waals surface area contributed by atoms with E-state index in [1.54, 1.807) is 6.07 Å². The van der Waals surface area contributed by atoms with Crippen molar-refractivity contribution in [1.82, 2.24) is 0 Å². The molecule has 0 spiro atoms. The second-order valence-corrected chi connectivity index (χ2v) is 10.6. The van der Waals surface area contributed by atoms with Crippen LogP contribution in [-0.4, -0.2) is 11.9 Å². The van der Waals surface area contributed by atoms with Gasteiger partial charge in [0.05, 0.1) is 11.9 Å². The highest BCUT2D eigenvalue weighted by Gasteiger charge is 2.15. The minimum atomic E-state index is -1.44. The Bertz CT molecular complexity index is 725. The lowest BCUT2D eigenvalue weighted by molar-refractivity contribution is -0.259. The van der Waals surface area contributed by atoms with Crippen molar-refractivity contribution in [3.05, 3.63) is 34.4 Å². The van der Waals surface area contributed by atoms with Crippen molar-refractivity contribution >= 4 is 11.9 Å². The van der Waals surface area contributed by atoms with Crippen LogP contribution in [0, 0.1) is 0 Å². The first-order valence-corrected chi connectivity index (χ1v) is 15.1. The fourth-order valence-electron chi connectivity index (χ4n) is 5.21. The fraction of sp³-hybridized carbons (Fsp3) is 0.750. The molecule has 0 unspecified atom stereocenters. The third kappa shape index (κ3) is 14.0. The number of hydrogen-bond donors (Lipinski definition) is 0. The first kappa shape index (κ1) is 32.2. The molecular formula is C32H52O4-2. The smallest absolute Gasteiger partial charge is 0.0724 e. The molecule has 4 heteroatoms. The molecule has 0 fully saturated rings. The zero-order chi connectivity index (χ0) is 26.4. The molecule has 0 bridgehead atoms. The molecule has 1 aromatic carbocycles. The van der Waals surface area contributed by atoms with Crippen LogP contribution in [0.2, 0.25) is 0 Å². The van der Waals surface area contributed by atoms with Crippen molar-refractivity contribution < 1.29 is 19.8 Å². The minimum Gasteiger partial charge on any atom is -0.545 e. The van der Waals surface area contributed by atoms with Gasteiger partial charge in [-0.2, -0.15) is 0 Å². The number of aryl methyl sites for hydroxylation is 1. The summed E-state index contributed by atoms with van der Waals surface area (Å²) in [4.78, 5) is 23.5. The lowest BCUT2D eigenvalue weighted by Gasteiger charge is -2.20. The van der Waals surface area contributed by atoms with Crippen LogP contribution in [0.25, 0.3) is 0 Å². The lowest BCUT2D eigenvalue weighted by atomic mass is 9.89. The van der Waals surface area contributed by atoms with E-state index < -0.39 is 11.9 Å². The Balaban J connectivity index is 2.53. The van der Waals surface area contributed by atoms with Gasteiger partial charge in [0, 0.05) is 11.1 Å². The maximum atomic E-state index is 11.9. The number of carboxylic acids is 2. The Morgan fingerprint density at radius 3 is 1.31 bits per heavy atom. The van der Waals surface area contributed by atoms with Gasteiger partial charge in [-0.05, 0) is 36.8 Å². The summed E-state index contributed by atoms with van der Waals surface area (Å²) < 4.78 is 0. The van der Waals surface area contributed by atoms with Crippen LogP contribution in [0.15, 0.2) is 12.1 Å². The molecule has 0 atom stereocenters. The van der Waals surface area contributed by atoms with Gasteiger partial charge in [0.2, 0.25) is 0 Å². The van der Waals surface area contributed by atoms with E-state index in [1.807, 2.05) is 0 Å². The zero-order valence-electron chi connectivity index (χ0n) is 23.3. The molecular weight excluding hydrogens is 448 g/mol. The third-order valence-electron chi connectivity index (χ3n) is 7.41. The van der Waals surface area contributed by atoms with Gasteiger partial charge in [0.1, 0.15) is 0 Å². The number of rotatable bonds is 24. The highest BCUT2D eigenvalue weighted by atomic mass is 16.4. The number of aromatic carboxylic acids is 2. The molecule has 0 aromatic heterocycles. The second kappa shape index (κ2) is 21.3. The highest BCUT2D eigenvalue weighted by molar-refractivity contribution is 6.01. The van der Waals surface area contributed by atoms with Crippen molar-refractivity contribution in [3.8, 4) is 0 Å². The number of carbonyl (C=O) groups excluding carboxylic acids is 2. The summed E-state index contributed by atoms with van der Waals surface area (Å²) >= 11 is 0. The first-order chi connectivity index (χ1) is 17.5. The normalized spacial score (nSPS) is 11.2. The average Bonchev–Trinajstić information content (AvgIpc) is 2.86.